The van der Waals surface area contributed by atoms with Crippen molar-refractivity contribution in [2.75, 3.05) is 5.32 Å². The average Bonchev–Trinajstić information content (AvgIpc) is 2.55. The number of benzene rings is 2. The van der Waals surface area contributed by atoms with Crippen molar-refractivity contribution in [3.63, 3.8) is 0 Å². The quantitative estimate of drug-likeness (QED) is 0.831. The molecular formula is C21H26N2O3. The van der Waals surface area contributed by atoms with Gasteiger partial charge in [0, 0.05) is 11.2 Å². The van der Waals surface area contributed by atoms with Crippen LogP contribution in [0.3, 0.4) is 0 Å². The first-order valence-corrected chi connectivity index (χ1v) is 8.56. The summed E-state index contributed by atoms with van der Waals surface area (Å²) in [6, 6.07) is 13.8. The van der Waals surface area contributed by atoms with Crippen molar-refractivity contribution in [2.24, 2.45) is 0 Å². The van der Waals surface area contributed by atoms with Gasteiger partial charge in [-0.3, -0.25) is 9.69 Å². The number of rotatable bonds is 4. The zero-order chi connectivity index (χ0) is 19.5. The van der Waals surface area contributed by atoms with E-state index >= 15 is 0 Å². The minimum Gasteiger partial charge on any atom is -0.465 e. The summed E-state index contributed by atoms with van der Waals surface area (Å²) in [7, 11) is 0. The largest absolute Gasteiger partial charge is 0.465 e. The predicted molar refractivity (Wildman–Crippen MR) is 103 cm³/mol. The molecule has 26 heavy (non-hydrogen) atoms. The van der Waals surface area contributed by atoms with Crippen molar-refractivity contribution in [1.29, 1.82) is 0 Å². The molecule has 0 fully saturated rings. The van der Waals surface area contributed by atoms with Crippen molar-refractivity contribution in [2.45, 2.75) is 46.2 Å². The van der Waals surface area contributed by atoms with Gasteiger partial charge in [-0.2, -0.15) is 0 Å². The molecule has 0 radical (unpaired) electrons. The second kappa shape index (κ2) is 7.60. The number of hydrogen-bond donors (Lipinski definition) is 2. The molecule has 0 bridgehead atoms. The van der Waals surface area contributed by atoms with Gasteiger partial charge in [0.25, 0.3) is 5.91 Å². The molecule has 2 aromatic rings. The van der Waals surface area contributed by atoms with Crippen LogP contribution in [0.5, 0.6) is 0 Å². The Morgan fingerprint density at radius 2 is 1.65 bits per heavy atom. The summed E-state index contributed by atoms with van der Waals surface area (Å²) >= 11 is 0. The number of nitrogens with zero attached hydrogens (tertiary/aromatic N) is 1. The van der Waals surface area contributed by atoms with Gasteiger partial charge in [0.05, 0.1) is 0 Å². The van der Waals surface area contributed by atoms with Gasteiger partial charge in [0.2, 0.25) is 0 Å². The lowest BCUT2D eigenvalue weighted by molar-refractivity contribution is -0.122. The number of anilines is 1. The highest BCUT2D eigenvalue weighted by Crippen LogP contribution is 2.30. The number of carbonyl (C=O) groups excluding carboxylic acids is 1. The molecule has 0 saturated heterocycles. The third kappa shape index (κ3) is 4.42. The summed E-state index contributed by atoms with van der Waals surface area (Å²) in [5.41, 5.74) is 2.52. The number of hydrogen-bond acceptors (Lipinski definition) is 2. The van der Waals surface area contributed by atoms with E-state index in [1.54, 1.807) is 45.0 Å². The van der Waals surface area contributed by atoms with Crippen molar-refractivity contribution < 1.29 is 14.7 Å². The molecule has 2 N–H and O–H groups in total. The topological polar surface area (TPSA) is 69.6 Å². The molecule has 0 spiro atoms. The van der Waals surface area contributed by atoms with Crippen molar-refractivity contribution in [3.05, 3.63) is 65.2 Å². The summed E-state index contributed by atoms with van der Waals surface area (Å²) in [6.45, 7) is 9.19. The van der Waals surface area contributed by atoms with Gasteiger partial charge in [0.1, 0.15) is 6.04 Å². The summed E-state index contributed by atoms with van der Waals surface area (Å²) < 4.78 is 0. The van der Waals surface area contributed by atoms with Gasteiger partial charge in [-0.05, 0) is 57.4 Å². The summed E-state index contributed by atoms with van der Waals surface area (Å²) in [5, 5.41) is 12.7. The fourth-order valence-electron chi connectivity index (χ4n) is 2.91. The Morgan fingerprint density at radius 1 is 1.04 bits per heavy atom. The Labute approximate surface area is 154 Å². The minimum atomic E-state index is -1.14. The maximum absolute atomic E-state index is 13.2. The number of aryl methyl sites for hydroxylation is 2. The molecule has 0 aliphatic heterocycles. The highest BCUT2D eigenvalue weighted by molar-refractivity contribution is 5.98. The maximum Gasteiger partial charge on any atom is 0.408 e. The highest BCUT2D eigenvalue weighted by atomic mass is 16.4. The second-order valence-electron chi connectivity index (χ2n) is 7.44. The van der Waals surface area contributed by atoms with E-state index in [4.69, 9.17) is 0 Å². The van der Waals surface area contributed by atoms with Crippen LogP contribution >= 0.6 is 0 Å². The van der Waals surface area contributed by atoms with Gasteiger partial charge in [0.15, 0.2) is 0 Å². The van der Waals surface area contributed by atoms with E-state index in [9.17, 15) is 14.7 Å². The number of carbonyl (C=O) groups is 2. The number of carboxylic acid groups (broad SMARTS) is 1. The molecule has 0 aliphatic carbocycles. The lowest BCUT2D eigenvalue weighted by Crippen LogP contribution is -2.50. The van der Waals surface area contributed by atoms with E-state index < -0.39 is 17.7 Å². The third-order valence-corrected chi connectivity index (χ3v) is 4.20. The van der Waals surface area contributed by atoms with E-state index in [2.05, 4.69) is 5.32 Å². The molecule has 1 atom stereocenters. The zero-order valence-corrected chi connectivity index (χ0v) is 15.9. The molecule has 138 valence electrons. The van der Waals surface area contributed by atoms with Crippen molar-refractivity contribution >= 4 is 17.7 Å². The maximum atomic E-state index is 13.2. The first-order chi connectivity index (χ1) is 12.1. The minimum absolute atomic E-state index is 0.373. The summed E-state index contributed by atoms with van der Waals surface area (Å²) in [6.07, 6.45) is -1.14. The molecule has 2 rings (SSSR count). The van der Waals surface area contributed by atoms with Crippen LogP contribution in [-0.2, 0) is 4.79 Å². The Balaban J connectivity index is 2.48. The molecule has 0 heterocycles. The molecule has 5 heteroatoms. The van der Waals surface area contributed by atoms with E-state index in [0.717, 1.165) is 11.1 Å². The van der Waals surface area contributed by atoms with Crippen LogP contribution in [0.25, 0.3) is 0 Å². The molecule has 2 amide bonds. The monoisotopic (exact) mass is 354 g/mol. The zero-order valence-electron chi connectivity index (χ0n) is 15.9. The summed E-state index contributed by atoms with van der Waals surface area (Å²) in [5.74, 6) is -0.373. The molecular weight excluding hydrogens is 328 g/mol. The van der Waals surface area contributed by atoms with E-state index in [0.29, 0.717) is 11.3 Å². The normalized spacial score (nSPS) is 12.3. The lowest BCUT2D eigenvalue weighted by Gasteiger charge is -2.39. The van der Waals surface area contributed by atoms with Crippen LogP contribution in [0.4, 0.5) is 10.5 Å². The third-order valence-electron chi connectivity index (χ3n) is 4.20. The summed E-state index contributed by atoms with van der Waals surface area (Å²) in [4.78, 5) is 26.3. The average molecular weight is 354 g/mol. The Bertz CT molecular complexity index is 795. The fraction of sp³-hybridized carbons (Fsp3) is 0.333. The van der Waals surface area contributed by atoms with E-state index in [1.807, 2.05) is 38.1 Å². The smallest absolute Gasteiger partial charge is 0.408 e. The lowest BCUT2D eigenvalue weighted by atomic mass is 9.97. The molecule has 0 aromatic heterocycles. The van der Waals surface area contributed by atoms with Crippen LogP contribution < -0.4 is 5.32 Å². The predicted octanol–water partition coefficient (Wildman–Crippen LogP) is 4.76. The molecule has 2 aromatic carbocycles. The Morgan fingerprint density at radius 3 is 2.19 bits per heavy atom. The number of amides is 2. The molecule has 1 unspecified atom stereocenters. The first kappa shape index (κ1) is 19.5. The van der Waals surface area contributed by atoms with Gasteiger partial charge in [-0.25, -0.2) is 4.79 Å². The van der Waals surface area contributed by atoms with Gasteiger partial charge in [-0.1, -0.05) is 42.5 Å². The first-order valence-electron chi connectivity index (χ1n) is 8.56. The Hall–Kier alpha value is -2.82. The van der Waals surface area contributed by atoms with Gasteiger partial charge >= 0.3 is 6.09 Å². The van der Waals surface area contributed by atoms with Crippen LogP contribution in [0.1, 0.15) is 43.5 Å². The Kier molecular flexibility index (Phi) is 5.70. The van der Waals surface area contributed by atoms with Crippen LogP contribution in [0.2, 0.25) is 0 Å². The SMILES string of the molecule is Cc1ccc(C)c(NC(=O)C(c2ccccc2)N(C(=O)O)C(C)(C)C)c1. The molecule has 5 nitrogen and oxygen atoms in total. The van der Waals surface area contributed by atoms with Crippen molar-refractivity contribution in [1.82, 2.24) is 4.90 Å². The van der Waals surface area contributed by atoms with Gasteiger partial charge in [-0.15, -0.1) is 0 Å². The van der Waals surface area contributed by atoms with E-state index in [1.165, 1.54) is 4.90 Å². The molecule has 0 saturated carbocycles. The van der Waals surface area contributed by atoms with Crippen molar-refractivity contribution in [3.8, 4) is 0 Å². The van der Waals surface area contributed by atoms with E-state index in [-0.39, 0.29) is 5.91 Å². The molecule has 0 aliphatic rings. The fourth-order valence-corrected chi connectivity index (χ4v) is 2.91. The number of nitrogens with one attached hydrogen (secondary N) is 1. The highest BCUT2D eigenvalue weighted by Gasteiger charge is 2.38. The van der Waals surface area contributed by atoms with Crippen LogP contribution in [-0.4, -0.2) is 27.5 Å². The van der Waals surface area contributed by atoms with Crippen LogP contribution in [0, 0.1) is 13.8 Å². The second-order valence-corrected chi connectivity index (χ2v) is 7.44. The van der Waals surface area contributed by atoms with Gasteiger partial charge < -0.3 is 10.4 Å². The standard InChI is InChI=1S/C21H26N2O3/c1-14-11-12-15(2)17(13-14)22-19(24)18(16-9-7-6-8-10-16)23(20(25)26)21(3,4)5/h6-13,18H,1-5H3,(H,22,24)(H,25,26). The van der Waals surface area contributed by atoms with Crippen LogP contribution in [0.15, 0.2) is 48.5 Å².